The quantitative estimate of drug-likeness (QED) is 0.151. The number of hydrogen-bond acceptors (Lipinski definition) is 6. The van der Waals surface area contributed by atoms with E-state index >= 15 is 0 Å². The number of nitrogens with zero attached hydrogens (tertiary/aromatic N) is 3. The summed E-state index contributed by atoms with van der Waals surface area (Å²) in [6.45, 7) is 0. The van der Waals surface area contributed by atoms with Crippen LogP contribution in [0.15, 0.2) is 77.3 Å². The number of anilines is 2. The maximum Gasteiger partial charge on any atom is 0.326 e. The van der Waals surface area contributed by atoms with Crippen LogP contribution in [-0.4, -0.2) is 40.5 Å². The van der Waals surface area contributed by atoms with E-state index in [1.54, 1.807) is 30.3 Å². The van der Waals surface area contributed by atoms with E-state index in [-0.39, 0.29) is 23.5 Å². The van der Waals surface area contributed by atoms with E-state index < -0.39 is 29.2 Å². The van der Waals surface area contributed by atoms with Crippen molar-refractivity contribution in [1.29, 1.82) is 0 Å². The van der Waals surface area contributed by atoms with Gasteiger partial charge in [0, 0.05) is 20.9 Å². The third-order valence-corrected chi connectivity index (χ3v) is 7.86. The lowest BCUT2D eigenvalue weighted by atomic mass is 10.0. The number of hydrogen-bond donors (Lipinski definition) is 3. The van der Waals surface area contributed by atoms with Gasteiger partial charge in [-0.25, -0.2) is 13.3 Å². The summed E-state index contributed by atoms with van der Waals surface area (Å²) in [5, 5.41) is 12.4. The zero-order valence-electron chi connectivity index (χ0n) is 19.5. The minimum atomic E-state index is -2.61. The average Bonchev–Trinajstić information content (AvgIpc) is 3.31. The Bertz CT molecular complexity index is 1490. The summed E-state index contributed by atoms with van der Waals surface area (Å²) < 4.78 is 34.1. The second kappa shape index (κ2) is 12.9. The summed E-state index contributed by atoms with van der Waals surface area (Å²) in [7, 11) is 0. The predicted molar refractivity (Wildman–Crippen MR) is 158 cm³/mol. The molecule has 2 atom stereocenters. The van der Waals surface area contributed by atoms with Crippen molar-refractivity contribution in [2.45, 2.75) is 18.9 Å². The van der Waals surface area contributed by atoms with Gasteiger partial charge in [0.2, 0.25) is 0 Å². The lowest BCUT2D eigenvalue weighted by molar-refractivity contribution is -0.139. The molecule has 38 heavy (non-hydrogen) atoms. The number of nitrogens with one attached hydrogen (secondary N) is 1. The molecule has 0 saturated heterocycles. The van der Waals surface area contributed by atoms with Gasteiger partial charge in [-0.3, -0.25) is 9.35 Å². The summed E-state index contributed by atoms with van der Waals surface area (Å²) in [4.78, 5) is 25.4. The molecule has 196 valence electrons. The zero-order chi connectivity index (χ0) is 27.2. The number of aromatic nitrogens is 2. The van der Waals surface area contributed by atoms with Crippen molar-refractivity contribution in [1.82, 2.24) is 14.1 Å². The molecule has 9 nitrogen and oxygen atoms in total. The van der Waals surface area contributed by atoms with Crippen LogP contribution >= 0.6 is 50.2 Å². The van der Waals surface area contributed by atoms with E-state index in [1.165, 1.54) is 6.07 Å². The van der Waals surface area contributed by atoms with Gasteiger partial charge in [0.05, 0.1) is 23.0 Å². The Morgan fingerprint density at radius 2 is 1.79 bits per heavy atom. The van der Waals surface area contributed by atoms with Crippen molar-refractivity contribution in [3.05, 3.63) is 103 Å². The van der Waals surface area contributed by atoms with Gasteiger partial charge in [0.15, 0.2) is 5.82 Å². The molecule has 0 radical (unpaired) electrons. The van der Waals surface area contributed by atoms with Crippen molar-refractivity contribution in [2.75, 3.05) is 4.31 Å². The molecule has 3 aromatic carbocycles. The molecule has 0 spiro atoms. The van der Waals surface area contributed by atoms with Crippen molar-refractivity contribution in [3.63, 3.8) is 0 Å². The second-order valence-electron chi connectivity index (χ2n) is 8.08. The maximum atomic E-state index is 13.4. The molecule has 1 aromatic heterocycles. The number of carbonyl (C=O) groups is 2. The Labute approximate surface area is 247 Å². The van der Waals surface area contributed by atoms with Crippen LogP contribution in [0.3, 0.4) is 0 Å². The third-order valence-electron chi connectivity index (χ3n) is 5.45. The fourth-order valence-electron chi connectivity index (χ4n) is 3.73. The van der Waals surface area contributed by atoms with Gasteiger partial charge in [-0.15, -0.1) is 0 Å². The van der Waals surface area contributed by atoms with Crippen molar-refractivity contribution in [2.24, 2.45) is 0 Å². The molecular weight excluding hydrogens is 707 g/mol. The van der Waals surface area contributed by atoms with Crippen molar-refractivity contribution >= 4 is 84.9 Å². The van der Waals surface area contributed by atoms with Crippen molar-refractivity contribution in [3.8, 4) is 0 Å². The summed E-state index contributed by atoms with van der Waals surface area (Å²) in [6, 6.07) is 20.1. The van der Waals surface area contributed by atoms with Crippen LogP contribution in [0.5, 0.6) is 0 Å². The Hall–Kier alpha value is -2.72. The molecule has 4 aromatic rings. The topological polar surface area (TPSA) is 133 Å². The highest BCUT2D eigenvalue weighted by Gasteiger charge is 2.29. The van der Waals surface area contributed by atoms with Gasteiger partial charge in [-0.05, 0) is 64.0 Å². The fourth-order valence-corrected chi connectivity index (χ4v) is 5.87. The highest BCUT2D eigenvalue weighted by molar-refractivity contribution is 14.1. The summed E-state index contributed by atoms with van der Waals surface area (Å²) in [5.41, 5.74) is 2.23. The molecule has 0 aliphatic heterocycles. The normalized spacial score (nSPS) is 12.5. The zero-order valence-corrected chi connectivity index (χ0v) is 24.8. The van der Waals surface area contributed by atoms with Gasteiger partial charge in [0.25, 0.3) is 17.2 Å². The van der Waals surface area contributed by atoms with E-state index in [4.69, 9.17) is 0 Å². The summed E-state index contributed by atoms with van der Waals surface area (Å²) in [6.07, 6.45) is 0.409. The van der Waals surface area contributed by atoms with Crippen LogP contribution in [0.25, 0.3) is 0 Å². The van der Waals surface area contributed by atoms with Crippen LogP contribution < -0.4 is 9.62 Å². The largest absolute Gasteiger partial charge is 0.480 e. The molecule has 0 saturated carbocycles. The lowest BCUT2D eigenvalue weighted by Crippen LogP contribution is -2.42. The first kappa shape index (κ1) is 28.3. The minimum absolute atomic E-state index is 0.0203. The minimum Gasteiger partial charge on any atom is -0.480 e. The van der Waals surface area contributed by atoms with Gasteiger partial charge in [-0.1, -0.05) is 58.4 Å². The van der Waals surface area contributed by atoms with Gasteiger partial charge in [-0.2, -0.15) is 8.75 Å². The Morgan fingerprint density at radius 3 is 2.47 bits per heavy atom. The van der Waals surface area contributed by atoms with E-state index in [1.807, 2.05) is 59.0 Å². The Morgan fingerprint density at radius 1 is 1.05 bits per heavy atom. The number of carboxylic acid groups (broad SMARTS) is 1. The van der Waals surface area contributed by atoms with Gasteiger partial charge in [0.1, 0.15) is 11.7 Å². The van der Waals surface area contributed by atoms with E-state index in [0.29, 0.717) is 21.2 Å². The van der Waals surface area contributed by atoms with Gasteiger partial charge >= 0.3 is 5.97 Å². The number of rotatable bonds is 10. The molecule has 3 N–H and O–H groups in total. The SMILES string of the molecule is O=C(NC(Cc1cccc(Br)c1)C(=O)O)c1ccc(I)cc1N(c1nsnc1Cc1ccccc1)S(=O)O. The number of amides is 1. The summed E-state index contributed by atoms with van der Waals surface area (Å²) >= 11 is 3.67. The van der Waals surface area contributed by atoms with Crippen LogP contribution in [0.4, 0.5) is 11.5 Å². The molecule has 1 amide bonds. The molecule has 1 heterocycles. The highest BCUT2D eigenvalue weighted by Crippen LogP contribution is 2.33. The third kappa shape index (κ3) is 7.02. The molecule has 13 heteroatoms. The Balaban J connectivity index is 1.68. The molecule has 2 unspecified atom stereocenters. The van der Waals surface area contributed by atoms with E-state index in [0.717, 1.165) is 26.1 Å². The smallest absolute Gasteiger partial charge is 0.326 e. The number of halogens is 2. The number of aliphatic carboxylic acids is 1. The molecule has 0 aliphatic rings. The average molecular weight is 727 g/mol. The fraction of sp³-hybridized carbons (Fsp3) is 0.120. The maximum absolute atomic E-state index is 13.4. The number of carboxylic acids is 1. The molecule has 0 bridgehead atoms. The van der Waals surface area contributed by atoms with E-state index in [2.05, 4.69) is 30.0 Å². The van der Waals surface area contributed by atoms with Crippen LogP contribution in [0, 0.1) is 3.57 Å². The van der Waals surface area contributed by atoms with Gasteiger partial charge < -0.3 is 10.4 Å². The van der Waals surface area contributed by atoms with Crippen molar-refractivity contribution < 1.29 is 23.5 Å². The predicted octanol–water partition coefficient (Wildman–Crippen LogP) is 5.20. The molecule has 4 rings (SSSR count). The monoisotopic (exact) mass is 726 g/mol. The van der Waals surface area contributed by atoms with Crippen LogP contribution in [0.2, 0.25) is 0 Å². The van der Waals surface area contributed by atoms with Crippen LogP contribution in [0.1, 0.15) is 27.2 Å². The van der Waals surface area contributed by atoms with Crippen LogP contribution in [-0.2, 0) is 28.9 Å². The van der Waals surface area contributed by atoms with E-state index in [9.17, 15) is 23.5 Å². The summed E-state index contributed by atoms with van der Waals surface area (Å²) in [5.74, 6) is -1.77. The molecular formula is C25H20BrIN4O5S2. The number of carbonyl (C=O) groups excluding carboxylic acids is 1. The number of benzene rings is 3. The Kier molecular flexibility index (Phi) is 9.59. The second-order valence-corrected chi connectivity index (χ2v) is 11.6. The molecule has 0 aliphatic carbocycles. The lowest BCUT2D eigenvalue weighted by Gasteiger charge is -2.22. The molecule has 0 fully saturated rings. The highest BCUT2D eigenvalue weighted by atomic mass is 127. The first-order chi connectivity index (χ1) is 18.2. The first-order valence-electron chi connectivity index (χ1n) is 11.1. The first-order valence-corrected chi connectivity index (χ1v) is 14.7. The standard InChI is InChI=1S/C25H20BrIN4O5S2/c26-17-8-4-7-16(11-17)13-21(25(33)34)28-24(32)19-10-9-18(27)14-22(19)31(38(35)36)23-20(29-37-30-23)12-15-5-2-1-3-6-15/h1-11,14,21H,12-13H2,(H,28,32)(H,33,34)(H,35,36).